The molecule has 0 N–H and O–H groups in total. The summed E-state index contributed by atoms with van der Waals surface area (Å²) < 4.78 is 0. The summed E-state index contributed by atoms with van der Waals surface area (Å²) in [5.74, 6) is 1.91. The molecule has 0 saturated heterocycles. The van der Waals surface area contributed by atoms with E-state index in [-0.39, 0.29) is 0 Å². The van der Waals surface area contributed by atoms with Gasteiger partial charge in [0, 0.05) is 0 Å². The molecule has 0 saturated carbocycles. The molecule has 0 aliphatic carbocycles. The van der Waals surface area contributed by atoms with E-state index in [2.05, 4.69) is 27.7 Å². The highest BCUT2D eigenvalue weighted by Gasteiger charge is 2.08. The molecule has 0 spiro atoms. The highest BCUT2D eigenvalue weighted by atomic mass is 14.1. The number of rotatable bonds is 10. The summed E-state index contributed by atoms with van der Waals surface area (Å²) in [5, 5.41) is 0. The van der Waals surface area contributed by atoms with Gasteiger partial charge < -0.3 is 0 Å². The van der Waals surface area contributed by atoms with Crippen molar-refractivity contribution in [3.8, 4) is 0 Å². The van der Waals surface area contributed by atoms with Gasteiger partial charge in [0.25, 0.3) is 0 Å². The Balaban J connectivity index is 3.53. The van der Waals surface area contributed by atoms with Crippen molar-refractivity contribution in [3.05, 3.63) is 0 Å². The van der Waals surface area contributed by atoms with Crippen molar-refractivity contribution in [1.29, 1.82) is 0 Å². The van der Waals surface area contributed by atoms with Gasteiger partial charge in [-0.15, -0.1) is 0 Å². The van der Waals surface area contributed by atoms with E-state index in [0.29, 0.717) is 0 Å². The summed E-state index contributed by atoms with van der Waals surface area (Å²) in [6.07, 6.45) is 12.9. The van der Waals surface area contributed by atoms with Gasteiger partial charge in [-0.05, 0) is 11.8 Å². The predicted octanol–water partition coefficient (Wildman–Crippen LogP) is 5.81. The number of hydrogen-bond acceptors (Lipinski definition) is 0. The van der Waals surface area contributed by atoms with Crippen LogP contribution < -0.4 is 0 Å². The largest absolute Gasteiger partial charge is 0.0654 e. The molecule has 0 rings (SSSR count). The van der Waals surface area contributed by atoms with Crippen molar-refractivity contribution < 1.29 is 0 Å². The Bertz CT molecular complexity index is 115. The van der Waals surface area contributed by atoms with Crippen molar-refractivity contribution in [2.24, 2.45) is 11.8 Å². The van der Waals surface area contributed by atoms with Crippen molar-refractivity contribution in [3.63, 3.8) is 0 Å². The molecule has 0 radical (unpaired) electrons. The maximum absolute atomic E-state index is 2.35. The first-order chi connectivity index (χ1) is 7.20. The van der Waals surface area contributed by atoms with Gasteiger partial charge in [0.1, 0.15) is 0 Å². The standard InChI is InChI=1S/C15H32/c1-5-7-8-9-11-15(10-6-2)13-12-14(3)4/h14-15H,5-13H2,1-4H3. The molecule has 0 nitrogen and oxygen atoms in total. The zero-order chi connectivity index (χ0) is 11.5. The van der Waals surface area contributed by atoms with E-state index >= 15 is 0 Å². The van der Waals surface area contributed by atoms with Crippen LogP contribution in [0.5, 0.6) is 0 Å². The highest BCUT2D eigenvalue weighted by molar-refractivity contribution is 4.61. The summed E-state index contributed by atoms with van der Waals surface area (Å²) in [6, 6.07) is 0. The monoisotopic (exact) mass is 212 g/mol. The van der Waals surface area contributed by atoms with E-state index in [1.54, 1.807) is 0 Å². The molecule has 1 atom stereocenters. The minimum atomic E-state index is 0.889. The van der Waals surface area contributed by atoms with Crippen LogP contribution in [0, 0.1) is 11.8 Å². The fourth-order valence-corrected chi connectivity index (χ4v) is 2.27. The predicted molar refractivity (Wildman–Crippen MR) is 71.2 cm³/mol. The van der Waals surface area contributed by atoms with Crippen LogP contribution in [-0.4, -0.2) is 0 Å². The topological polar surface area (TPSA) is 0 Å². The van der Waals surface area contributed by atoms with Crippen LogP contribution in [0.4, 0.5) is 0 Å². The third-order valence-corrected chi connectivity index (χ3v) is 3.32. The first-order valence-corrected chi connectivity index (χ1v) is 7.20. The summed E-state index contributed by atoms with van der Waals surface area (Å²) in [5.41, 5.74) is 0. The molecule has 0 fully saturated rings. The first kappa shape index (κ1) is 15.0. The number of unbranched alkanes of at least 4 members (excludes halogenated alkanes) is 3. The Morgan fingerprint density at radius 1 is 0.667 bits per heavy atom. The molecular formula is C15H32. The van der Waals surface area contributed by atoms with Crippen LogP contribution >= 0.6 is 0 Å². The lowest BCUT2D eigenvalue weighted by molar-refractivity contribution is 0.362. The van der Waals surface area contributed by atoms with Crippen LogP contribution in [0.2, 0.25) is 0 Å². The van der Waals surface area contributed by atoms with E-state index < -0.39 is 0 Å². The zero-order valence-corrected chi connectivity index (χ0v) is 11.5. The Morgan fingerprint density at radius 3 is 1.93 bits per heavy atom. The maximum Gasteiger partial charge on any atom is -0.0414 e. The minimum Gasteiger partial charge on any atom is -0.0654 e. The SMILES string of the molecule is CCCCCCC(CCC)CCC(C)C. The Labute approximate surface area is 97.8 Å². The smallest absolute Gasteiger partial charge is 0.0414 e. The van der Waals surface area contributed by atoms with Crippen molar-refractivity contribution >= 4 is 0 Å². The molecular weight excluding hydrogens is 180 g/mol. The third kappa shape index (κ3) is 10.3. The second-order valence-corrected chi connectivity index (χ2v) is 5.48. The van der Waals surface area contributed by atoms with E-state index in [4.69, 9.17) is 0 Å². The van der Waals surface area contributed by atoms with E-state index in [1.165, 1.54) is 57.8 Å². The zero-order valence-electron chi connectivity index (χ0n) is 11.5. The average Bonchev–Trinajstić information content (AvgIpc) is 2.20. The molecule has 1 unspecified atom stereocenters. The number of hydrogen-bond donors (Lipinski definition) is 0. The van der Waals surface area contributed by atoms with Gasteiger partial charge in [0.05, 0.1) is 0 Å². The second kappa shape index (κ2) is 10.5. The lowest BCUT2D eigenvalue weighted by Crippen LogP contribution is -2.02. The van der Waals surface area contributed by atoms with Crippen molar-refractivity contribution in [2.45, 2.75) is 85.5 Å². The summed E-state index contributed by atoms with van der Waals surface area (Å²) in [4.78, 5) is 0. The highest BCUT2D eigenvalue weighted by Crippen LogP contribution is 2.23. The molecule has 0 amide bonds. The third-order valence-electron chi connectivity index (χ3n) is 3.32. The normalized spacial score (nSPS) is 13.4. The van der Waals surface area contributed by atoms with E-state index in [1.807, 2.05) is 0 Å². The maximum atomic E-state index is 2.35. The molecule has 0 aromatic rings. The van der Waals surface area contributed by atoms with E-state index in [0.717, 1.165) is 11.8 Å². The lowest BCUT2D eigenvalue weighted by Gasteiger charge is -2.17. The van der Waals surface area contributed by atoms with Gasteiger partial charge >= 0.3 is 0 Å². The molecule has 0 heteroatoms. The van der Waals surface area contributed by atoms with Crippen molar-refractivity contribution in [1.82, 2.24) is 0 Å². The van der Waals surface area contributed by atoms with Gasteiger partial charge in [-0.25, -0.2) is 0 Å². The Kier molecular flexibility index (Phi) is 10.5. The van der Waals surface area contributed by atoms with E-state index in [9.17, 15) is 0 Å². The molecule has 15 heavy (non-hydrogen) atoms. The summed E-state index contributed by atoms with van der Waals surface area (Å²) >= 11 is 0. The van der Waals surface area contributed by atoms with Crippen LogP contribution in [0.15, 0.2) is 0 Å². The molecule has 0 heterocycles. The van der Waals surface area contributed by atoms with Crippen LogP contribution in [0.1, 0.15) is 85.5 Å². The summed E-state index contributed by atoms with van der Waals surface area (Å²) in [7, 11) is 0. The van der Waals surface area contributed by atoms with Crippen molar-refractivity contribution in [2.75, 3.05) is 0 Å². The molecule has 0 bridgehead atoms. The van der Waals surface area contributed by atoms with Crippen LogP contribution in [0.3, 0.4) is 0 Å². The van der Waals surface area contributed by atoms with Crippen LogP contribution in [0.25, 0.3) is 0 Å². The Hall–Kier alpha value is 0. The fourth-order valence-electron chi connectivity index (χ4n) is 2.27. The first-order valence-electron chi connectivity index (χ1n) is 7.20. The van der Waals surface area contributed by atoms with Gasteiger partial charge in [-0.2, -0.15) is 0 Å². The van der Waals surface area contributed by atoms with Gasteiger partial charge in [0.15, 0.2) is 0 Å². The lowest BCUT2D eigenvalue weighted by atomic mass is 9.89. The molecule has 92 valence electrons. The quantitative estimate of drug-likeness (QED) is 0.401. The van der Waals surface area contributed by atoms with Crippen LogP contribution in [-0.2, 0) is 0 Å². The van der Waals surface area contributed by atoms with Gasteiger partial charge in [-0.1, -0.05) is 85.5 Å². The molecule has 0 aliphatic rings. The van der Waals surface area contributed by atoms with Gasteiger partial charge in [0.2, 0.25) is 0 Å². The molecule has 0 aromatic heterocycles. The fraction of sp³-hybridized carbons (Fsp3) is 1.00. The Morgan fingerprint density at radius 2 is 1.40 bits per heavy atom. The molecule has 0 aliphatic heterocycles. The molecule has 0 aromatic carbocycles. The minimum absolute atomic E-state index is 0.889. The second-order valence-electron chi connectivity index (χ2n) is 5.48. The van der Waals surface area contributed by atoms with Gasteiger partial charge in [-0.3, -0.25) is 0 Å². The average molecular weight is 212 g/mol. The summed E-state index contributed by atoms with van der Waals surface area (Å²) in [6.45, 7) is 9.32.